The molecule has 2 N–H and O–H groups in total. The van der Waals surface area contributed by atoms with Gasteiger partial charge in [0.15, 0.2) is 0 Å². The molecule has 1 unspecified atom stereocenters. The average molecular weight is 340 g/mol. The zero-order valence-electron chi connectivity index (χ0n) is 13.4. The number of pyridine rings is 1. The Morgan fingerprint density at radius 3 is 2.84 bits per heavy atom. The van der Waals surface area contributed by atoms with Crippen molar-refractivity contribution < 1.29 is 10.0 Å². The van der Waals surface area contributed by atoms with Crippen LogP contribution in [0.15, 0.2) is 53.5 Å². The first kappa shape index (κ1) is 16.6. The van der Waals surface area contributed by atoms with Crippen LogP contribution in [-0.2, 0) is 0 Å². The number of anilines is 1. The second-order valence-electron chi connectivity index (χ2n) is 5.61. The molecular weight excluding hydrogens is 324 g/mol. The summed E-state index contributed by atoms with van der Waals surface area (Å²) in [7, 11) is 0. The van der Waals surface area contributed by atoms with Gasteiger partial charge in [0.2, 0.25) is 5.82 Å². The second-order valence-corrected chi connectivity index (χ2v) is 5.61. The van der Waals surface area contributed by atoms with E-state index < -0.39 is 22.3 Å². The zero-order chi connectivity index (χ0) is 18.0. The molecule has 128 valence electrons. The maximum Gasteiger partial charge on any atom is 0.376 e. The lowest BCUT2D eigenvalue weighted by molar-refractivity contribution is -0.385. The fourth-order valence-electron chi connectivity index (χ4n) is 2.56. The number of nitrogens with one attached hydrogen (secondary N) is 1. The van der Waals surface area contributed by atoms with Gasteiger partial charge in [-0.05, 0) is 24.6 Å². The molecule has 0 saturated heterocycles. The number of hydrogen-bond donors (Lipinski definition) is 2. The van der Waals surface area contributed by atoms with Gasteiger partial charge < -0.3 is 10.4 Å². The van der Waals surface area contributed by atoms with Crippen LogP contribution in [0.4, 0.5) is 11.5 Å². The number of rotatable bonds is 5. The molecule has 2 aromatic heterocycles. The molecule has 0 radical (unpaired) electrons. The van der Waals surface area contributed by atoms with E-state index in [9.17, 15) is 20.0 Å². The Morgan fingerprint density at radius 1 is 1.32 bits per heavy atom. The standard InChI is InChI=1S/C17H16N4O4/c1-11-5-4-6-12(9-11)13(22)10-18-16-15(21(24)25)17(23)20-8-3-2-7-14(20)19-16/h2-9,13,18,22H,10H2,1H3. The molecule has 3 rings (SSSR count). The summed E-state index contributed by atoms with van der Waals surface area (Å²) in [6.07, 6.45) is 0.527. The lowest BCUT2D eigenvalue weighted by Gasteiger charge is -2.13. The molecule has 2 heterocycles. The van der Waals surface area contributed by atoms with Crippen LogP contribution in [0.1, 0.15) is 17.2 Å². The molecule has 0 saturated carbocycles. The van der Waals surface area contributed by atoms with E-state index in [0.29, 0.717) is 5.56 Å². The van der Waals surface area contributed by atoms with E-state index in [4.69, 9.17) is 0 Å². The van der Waals surface area contributed by atoms with Gasteiger partial charge in [0.1, 0.15) is 5.65 Å². The van der Waals surface area contributed by atoms with Gasteiger partial charge in [-0.1, -0.05) is 35.9 Å². The third-order valence-corrected chi connectivity index (χ3v) is 3.78. The number of aliphatic hydroxyl groups is 1. The van der Waals surface area contributed by atoms with E-state index in [1.807, 2.05) is 25.1 Å². The SMILES string of the molecule is Cc1cccc(C(O)CNc2nc3ccccn3c(=O)c2[N+](=O)[O-])c1. The largest absolute Gasteiger partial charge is 0.387 e. The number of fused-ring (bicyclic) bond motifs is 1. The summed E-state index contributed by atoms with van der Waals surface area (Å²) in [5, 5.41) is 24.3. The first-order valence-electron chi connectivity index (χ1n) is 7.61. The maximum absolute atomic E-state index is 12.3. The van der Waals surface area contributed by atoms with Gasteiger partial charge in [0.05, 0.1) is 11.0 Å². The summed E-state index contributed by atoms with van der Waals surface area (Å²) >= 11 is 0. The number of aryl methyl sites for hydroxylation is 1. The summed E-state index contributed by atoms with van der Waals surface area (Å²) in [5.41, 5.74) is 0.520. The monoisotopic (exact) mass is 340 g/mol. The van der Waals surface area contributed by atoms with Crippen molar-refractivity contribution in [2.45, 2.75) is 13.0 Å². The third kappa shape index (κ3) is 3.33. The third-order valence-electron chi connectivity index (χ3n) is 3.78. The normalized spacial score (nSPS) is 12.1. The quantitative estimate of drug-likeness (QED) is 0.543. The summed E-state index contributed by atoms with van der Waals surface area (Å²) < 4.78 is 1.11. The number of aliphatic hydroxyl groups excluding tert-OH is 1. The number of benzene rings is 1. The van der Waals surface area contributed by atoms with Crippen molar-refractivity contribution in [1.82, 2.24) is 9.38 Å². The van der Waals surface area contributed by atoms with Crippen LogP contribution in [0.5, 0.6) is 0 Å². The summed E-state index contributed by atoms with van der Waals surface area (Å²) in [4.78, 5) is 27.0. The van der Waals surface area contributed by atoms with Crippen LogP contribution in [0.3, 0.4) is 0 Å². The van der Waals surface area contributed by atoms with Crippen molar-refractivity contribution in [2.24, 2.45) is 0 Å². The number of aromatic nitrogens is 2. The highest BCUT2D eigenvalue weighted by molar-refractivity contribution is 5.59. The molecule has 3 aromatic rings. The molecule has 0 fully saturated rings. The van der Waals surface area contributed by atoms with Crippen LogP contribution in [-0.4, -0.2) is 26.0 Å². The lowest BCUT2D eigenvalue weighted by atomic mass is 10.1. The minimum atomic E-state index is -0.893. The highest BCUT2D eigenvalue weighted by Gasteiger charge is 2.24. The van der Waals surface area contributed by atoms with Crippen molar-refractivity contribution in [3.05, 3.63) is 80.3 Å². The highest BCUT2D eigenvalue weighted by atomic mass is 16.6. The van der Waals surface area contributed by atoms with Crippen molar-refractivity contribution in [3.8, 4) is 0 Å². The van der Waals surface area contributed by atoms with Gasteiger partial charge in [-0.25, -0.2) is 4.98 Å². The van der Waals surface area contributed by atoms with E-state index >= 15 is 0 Å². The Labute approximate surface area is 142 Å². The van der Waals surface area contributed by atoms with E-state index in [2.05, 4.69) is 10.3 Å². The molecule has 0 aliphatic rings. The van der Waals surface area contributed by atoms with Crippen LogP contribution >= 0.6 is 0 Å². The van der Waals surface area contributed by atoms with E-state index in [-0.39, 0.29) is 18.0 Å². The van der Waals surface area contributed by atoms with Crippen LogP contribution in [0.2, 0.25) is 0 Å². The van der Waals surface area contributed by atoms with Crippen molar-refractivity contribution in [2.75, 3.05) is 11.9 Å². The second kappa shape index (κ2) is 6.70. The predicted octanol–water partition coefficient (Wildman–Crippen LogP) is 2.06. The fraction of sp³-hybridized carbons (Fsp3) is 0.176. The van der Waals surface area contributed by atoms with Crippen LogP contribution < -0.4 is 10.9 Å². The highest BCUT2D eigenvalue weighted by Crippen LogP contribution is 2.20. The Balaban J connectivity index is 1.94. The molecular formula is C17H16N4O4. The molecule has 8 nitrogen and oxygen atoms in total. The Kier molecular flexibility index (Phi) is 4.44. The molecule has 25 heavy (non-hydrogen) atoms. The Hall–Kier alpha value is -3.26. The molecule has 1 aromatic carbocycles. The average Bonchev–Trinajstić information content (AvgIpc) is 2.59. The molecule has 0 aliphatic carbocycles. The number of nitro groups is 1. The van der Waals surface area contributed by atoms with Gasteiger partial charge in [-0.3, -0.25) is 19.3 Å². The van der Waals surface area contributed by atoms with Crippen molar-refractivity contribution in [3.63, 3.8) is 0 Å². The number of nitrogens with zero attached hydrogens (tertiary/aromatic N) is 3. The predicted molar refractivity (Wildman–Crippen MR) is 92.7 cm³/mol. The first-order chi connectivity index (χ1) is 12.0. The first-order valence-corrected chi connectivity index (χ1v) is 7.61. The lowest BCUT2D eigenvalue weighted by Crippen LogP contribution is -2.22. The van der Waals surface area contributed by atoms with Crippen molar-refractivity contribution >= 4 is 17.2 Å². The smallest absolute Gasteiger partial charge is 0.376 e. The van der Waals surface area contributed by atoms with E-state index in [1.54, 1.807) is 24.3 Å². The minimum absolute atomic E-state index is 0.0141. The minimum Gasteiger partial charge on any atom is -0.387 e. The fourth-order valence-corrected chi connectivity index (χ4v) is 2.56. The molecule has 1 atom stereocenters. The van der Waals surface area contributed by atoms with Gasteiger partial charge in [-0.2, -0.15) is 0 Å². The summed E-state index contributed by atoms with van der Waals surface area (Å²) in [5.74, 6) is -0.159. The number of hydrogen-bond acceptors (Lipinski definition) is 6. The molecule has 0 amide bonds. The maximum atomic E-state index is 12.3. The van der Waals surface area contributed by atoms with Gasteiger partial charge >= 0.3 is 11.2 Å². The summed E-state index contributed by atoms with van der Waals surface area (Å²) in [6.45, 7) is 1.89. The van der Waals surface area contributed by atoms with Crippen molar-refractivity contribution in [1.29, 1.82) is 0 Å². The van der Waals surface area contributed by atoms with E-state index in [1.165, 1.54) is 6.20 Å². The topological polar surface area (TPSA) is 110 Å². The molecule has 0 bridgehead atoms. The Morgan fingerprint density at radius 2 is 2.12 bits per heavy atom. The zero-order valence-corrected chi connectivity index (χ0v) is 13.4. The van der Waals surface area contributed by atoms with Crippen LogP contribution in [0.25, 0.3) is 5.65 Å². The van der Waals surface area contributed by atoms with Gasteiger partial charge in [0.25, 0.3) is 0 Å². The summed E-state index contributed by atoms with van der Waals surface area (Å²) in [6, 6.07) is 12.2. The van der Waals surface area contributed by atoms with Gasteiger partial charge in [0, 0.05) is 12.7 Å². The van der Waals surface area contributed by atoms with Gasteiger partial charge in [-0.15, -0.1) is 0 Å². The molecule has 8 heteroatoms. The molecule has 0 spiro atoms. The van der Waals surface area contributed by atoms with E-state index in [0.717, 1.165) is 9.96 Å². The molecule has 0 aliphatic heterocycles. The Bertz CT molecular complexity index is 999. The van der Waals surface area contributed by atoms with Crippen LogP contribution in [0, 0.1) is 17.0 Å².